The molecule has 0 heterocycles. The lowest BCUT2D eigenvalue weighted by Crippen LogP contribution is -2.07. The second kappa shape index (κ2) is 3.92. The maximum atomic E-state index is 8.89. The summed E-state index contributed by atoms with van der Waals surface area (Å²) in [5.41, 5.74) is 7.06. The van der Waals surface area contributed by atoms with Crippen molar-refractivity contribution in [2.24, 2.45) is 5.73 Å². The SMILES string of the molecule is COc1cccc(C(C)N)c1C#N. The monoisotopic (exact) mass is 176 g/mol. The molecule has 0 bridgehead atoms. The average Bonchev–Trinajstić information content (AvgIpc) is 2.16. The van der Waals surface area contributed by atoms with E-state index < -0.39 is 0 Å². The number of hydrogen-bond acceptors (Lipinski definition) is 3. The zero-order chi connectivity index (χ0) is 9.84. The highest BCUT2D eigenvalue weighted by molar-refractivity contribution is 5.49. The number of nitrogens with zero attached hydrogens (tertiary/aromatic N) is 1. The maximum Gasteiger partial charge on any atom is 0.136 e. The van der Waals surface area contributed by atoms with Gasteiger partial charge in [0.05, 0.1) is 12.7 Å². The van der Waals surface area contributed by atoms with Crippen LogP contribution < -0.4 is 10.5 Å². The summed E-state index contributed by atoms with van der Waals surface area (Å²) in [5, 5.41) is 8.89. The van der Waals surface area contributed by atoms with Crippen molar-refractivity contribution in [1.29, 1.82) is 5.26 Å². The van der Waals surface area contributed by atoms with E-state index in [4.69, 9.17) is 15.7 Å². The molecular weight excluding hydrogens is 164 g/mol. The molecule has 1 aromatic carbocycles. The summed E-state index contributed by atoms with van der Waals surface area (Å²) in [6, 6.07) is 7.37. The molecule has 0 aliphatic rings. The van der Waals surface area contributed by atoms with E-state index in [-0.39, 0.29) is 6.04 Å². The van der Waals surface area contributed by atoms with Gasteiger partial charge in [-0.2, -0.15) is 5.26 Å². The number of hydrogen-bond donors (Lipinski definition) is 1. The van der Waals surface area contributed by atoms with Gasteiger partial charge in [-0.15, -0.1) is 0 Å². The first-order chi connectivity index (χ1) is 6.20. The molecule has 0 aliphatic heterocycles. The van der Waals surface area contributed by atoms with Crippen molar-refractivity contribution in [3.8, 4) is 11.8 Å². The Morgan fingerprint density at radius 2 is 2.23 bits per heavy atom. The highest BCUT2D eigenvalue weighted by Crippen LogP contribution is 2.24. The molecule has 1 unspecified atom stereocenters. The van der Waals surface area contributed by atoms with Crippen LogP contribution >= 0.6 is 0 Å². The van der Waals surface area contributed by atoms with Crippen LogP contribution in [0.2, 0.25) is 0 Å². The molecule has 3 heteroatoms. The summed E-state index contributed by atoms with van der Waals surface area (Å²) in [7, 11) is 1.54. The minimum Gasteiger partial charge on any atom is -0.495 e. The first-order valence-electron chi connectivity index (χ1n) is 4.03. The fraction of sp³-hybridized carbons (Fsp3) is 0.300. The summed E-state index contributed by atoms with van der Waals surface area (Å²) in [6.07, 6.45) is 0. The predicted octanol–water partition coefficient (Wildman–Crippen LogP) is 1.59. The van der Waals surface area contributed by atoms with Gasteiger partial charge in [0.2, 0.25) is 0 Å². The molecule has 1 aromatic rings. The van der Waals surface area contributed by atoms with Crippen molar-refractivity contribution < 1.29 is 4.74 Å². The number of rotatable bonds is 2. The minimum absolute atomic E-state index is 0.148. The van der Waals surface area contributed by atoms with Crippen LogP contribution in [0, 0.1) is 11.3 Å². The number of methoxy groups -OCH3 is 1. The summed E-state index contributed by atoms with van der Waals surface area (Å²) >= 11 is 0. The molecule has 3 nitrogen and oxygen atoms in total. The van der Waals surface area contributed by atoms with Gasteiger partial charge in [-0.25, -0.2) is 0 Å². The third-order valence-corrected chi connectivity index (χ3v) is 1.88. The van der Waals surface area contributed by atoms with Gasteiger partial charge in [0, 0.05) is 6.04 Å². The van der Waals surface area contributed by atoms with Gasteiger partial charge >= 0.3 is 0 Å². The summed E-state index contributed by atoms with van der Waals surface area (Å²) in [4.78, 5) is 0. The molecule has 0 saturated carbocycles. The van der Waals surface area contributed by atoms with Crippen LogP contribution in [-0.2, 0) is 0 Å². The van der Waals surface area contributed by atoms with Crippen LogP contribution in [0.15, 0.2) is 18.2 Å². The normalized spacial score (nSPS) is 11.8. The Morgan fingerprint density at radius 1 is 1.54 bits per heavy atom. The highest BCUT2D eigenvalue weighted by Gasteiger charge is 2.10. The molecule has 0 radical (unpaired) electrons. The average molecular weight is 176 g/mol. The van der Waals surface area contributed by atoms with Crippen LogP contribution in [-0.4, -0.2) is 7.11 Å². The molecule has 0 saturated heterocycles. The van der Waals surface area contributed by atoms with E-state index in [1.807, 2.05) is 19.1 Å². The van der Waals surface area contributed by atoms with E-state index in [0.29, 0.717) is 11.3 Å². The van der Waals surface area contributed by atoms with E-state index in [9.17, 15) is 0 Å². The second-order valence-electron chi connectivity index (χ2n) is 2.82. The van der Waals surface area contributed by atoms with Crippen LogP contribution in [0.25, 0.3) is 0 Å². The van der Waals surface area contributed by atoms with E-state index in [1.54, 1.807) is 13.2 Å². The molecule has 0 aliphatic carbocycles. The van der Waals surface area contributed by atoms with Gasteiger partial charge in [0.15, 0.2) is 0 Å². The van der Waals surface area contributed by atoms with Crippen LogP contribution in [0.4, 0.5) is 0 Å². The molecule has 68 valence electrons. The van der Waals surface area contributed by atoms with Gasteiger partial charge in [0.1, 0.15) is 11.8 Å². The van der Waals surface area contributed by atoms with Crippen LogP contribution in [0.3, 0.4) is 0 Å². The highest BCUT2D eigenvalue weighted by atomic mass is 16.5. The van der Waals surface area contributed by atoms with Gasteiger partial charge < -0.3 is 10.5 Å². The topological polar surface area (TPSA) is 59.0 Å². The molecule has 2 N–H and O–H groups in total. The van der Waals surface area contributed by atoms with Crippen molar-refractivity contribution in [3.05, 3.63) is 29.3 Å². The van der Waals surface area contributed by atoms with Gasteiger partial charge in [-0.1, -0.05) is 12.1 Å². The van der Waals surface area contributed by atoms with Crippen LogP contribution in [0.1, 0.15) is 24.1 Å². The molecule has 1 atom stereocenters. The molecule has 0 fully saturated rings. The number of nitriles is 1. The van der Waals surface area contributed by atoms with Crippen molar-refractivity contribution in [2.75, 3.05) is 7.11 Å². The van der Waals surface area contributed by atoms with Crippen molar-refractivity contribution in [2.45, 2.75) is 13.0 Å². The van der Waals surface area contributed by atoms with Gasteiger partial charge in [-0.05, 0) is 18.6 Å². The lowest BCUT2D eigenvalue weighted by Gasteiger charge is -2.10. The Morgan fingerprint density at radius 3 is 2.69 bits per heavy atom. The van der Waals surface area contributed by atoms with Crippen molar-refractivity contribution in [3.63, 3.8) is 0 Å². The lowest BCUT2D eigenvalue weighted by atomic mass is 10.0. The van der Waals surface area contributed by atoms with Crippen molar-refractivity contribution >= 4 is 0 Å². The fourth-order valence-electron chi connectivity index (χ4n) is 1.22. The summed E-state index contributed by atoms with van der Waals surface area (Å²) in [6.45, 7) is 1.84. The zero-order valence-corrected chi connectivity index (χ0v) is 7.74. The Hall–Kier alpha value is -1.53. The van der Waals surface area contributed by atoms with E-state index >= 15 is 0 Å². The fourth-order valence-corrected chi connectivity index (χ4v) is 1.22. The summed E-state index contributed by atoms with van der Waals surface area (Å²) in [5.74, 6) is 0.581. The maximum absolute atomic E-state index is 8.89. The Labute approximate surface area is 77.7 Å². The third-order valence-electron chi connectivity index (χ3n) is 1.88. The van der Waals surface area contributed by atoms with Crippen molar-refractivity contribution in [1.82, 2.24) is 0 Å². The van der Waals surface area contributed by atoms with E-state index in [0.717, 1.165) is 5.56 Å². The van der Waals surface area contributed by atoms with Gasteiger partial charge in [-0.3, -0.25) is 0 Å². The van der Waals surface area contributed by atoms with Crippen LogP contribution in [0.5, 0.6) is 5.75 Å². The molecule has 0 spiro atoms. The number of ether oxygens (including phenoxy) is 1. The first-order valence-corrected chi connectivity index (χ1v) is 4.03. The van der Waals surface area contributed by atoms with E-state index in [2.05, 4.69) is 6.07 Å². The lowest BCUT2D eigenvalue weighted by molar-refractivity contribution is 0.412. The quantitative estimate of drug-likeness (QED) is 0.744. The molecule has 0 aromatic heterocycles. The zero-order valence-electron chi connectivity index (χ0n) is 7.74. The standard InChI is InChI=1S/C10H12N2O/c1-7(12)8-4-3-5-10(13-2)9(8)6-11/h3-5,7H,12H2,1-2H3. The smallest absolute Gasteiger partial charge is 0.136 e. The molecule has 1 rings (SSSR count). The molecule has 0 amide bonds. The molecule has 13 heavy (non-hydrogen) atoms. The molecular formula is C10H12N2O. The summed E-state index contributed by atoms with van der Waals surface area (Å²) < 4.78 is 5.05. The Kier molecular flexibility index (Phi) is 2.88. The number of benzene rings is 1. The first kappa shape index (κ1) is 9.56. The number of nitrogens with two attached hydrogens (primary N) is 1. The largest absolute Gasteiger partial charge is 0.495 e. The Balaban J connectivity index is 3.29. The Bertz CT molecular complexity index is 339. The minimum atomic E-state index is -0.148. The second-order valence-corrected chi connectivity index (χ2v) is 2.82. The van der Waals surface area contributed by atoms with Gasteiger partial charge in [0.25, 0.3) is 0 Å². The predicted molar refractivity (Wildman–Crippen MR) is 50.3 cm³/mol. The third kappa shape index (κ3) is 1.79. The van der Waals surface area contributed by atoms with E-state index in [1.165, 1.54) is 0 Å².